The van der Waals surface area contributed by atoms with Gasteiger partial charge in [0, 0.05) is 21.4 Å². The third-order valence-electron chi connectivity index (χ3n) is 4.51. The fourth-order valence-electron chi connectivity index (χ4n) is 3.41. The van der Waals surface area contributed by atoms with Crippen LogP contribution in [0.25, 0.3) is 0 Å². The number of hydrogen-bond donors (Lipinski definition) is 0. The van der Waals surface area contributed by atoms with Gasteiger partial charge in [0.2, 0.25) is 10.0 Å². The molecular formula is C19H21NO5S2. The van der Waals surface area contributed by atoms with Gasteiger partial charge in [0.25, 0.3) is 0 Å². The van der Waals surface area contributed by atoms with Crippen molar-refractivity contribution < 1.29 is 22.7 Å². The van der Waals surface area contributed by atoms with Gasteiger partial charge in [0.1, 0.15) is 0 Å². The highest BCUT2D eigenvalue weighted by Crippen LogP contribution is 2.34. The Kier molecular flexibility index (Phi) is 5.14. The third kappa shape index (κ3) is 3.91. The minimum atomic E-state index is -3.37. The van der Waals surface area contributed by atoms with Gasteiger partial charge in [-0.1, -0.05) is 0 Å². The standard InChI is InChI=1S/C19H21NO5S2/c1-11-7-15-9-14(5-6-17(15)20(11)27(4,23)24)18(21)10-25-19(22)16-8-12(2)26-13(16)3/h5-6,8-9,11H,7,10H2,1-4H3/t11-/m0/s1. The van der Waals surface area contributed by atoms with Gasteiger partial charge in [-0.2, -0.15) is 0 Å². The quantitative estimate of drug-likeness (QED) is 0.562. The molecule has 1 aromatic carbocycles. The van der Waals surface area contributed by atoms with E-state index in [1.165, 1.54) is 21.9 Å². The van der Waals surface area contributed by atoms with E-state index < -0.39 is 16.0 Å². The molecular weight excluding hydrogens is 386 g/mol. The Morgan fingerprint density at radius 2 is 1.96 bits per heavy atom. The summed E-state index contributed by atoms with van der Waals surface area (Å²) in [4.78, 5) is 26.4. The molecule has 27 heavy (non-hydrogen) atoms. The first-order valence-electron chi connectivity index (χ1n) is 8.47. The topological polar surface area (TPSA) is 80.8 Å². The lowest BCUT2D eigenvalue weighted by Crippen LogP contribution is -2.34. The second-order valence-electron chi connectivity index (χ2n) is 6.78. The molecule has 2 heterocycles. The predicted octanol–water partition coefficient (Wildman–Crippen LogP) is 3.12. The number of thiophene rings is 1. The molecule has 0 saturated heterocycles. The number of nitrogens with zero attached hydrogens (tertiary/aromatic N) is 1. The number of benzene rings is 1. The first-order chi connectivity index (χ1) is 12.6. The van der Waals surface area contributed by atoms with Crippen LogP contribution in [-0.4, -0.2) is 39.1 Å². The molecule has 0 unspecified atom stereocenters. The van der Waals surface area contributed by atoms with Crippen LogP contribution >= 0.6 is 11.3 Å². The van der Waals surface area contributed by atoms with Crippen LogP contribution in [0.1, 0.15) is 43.0 Å². The van der Waals surface area contributed by atoms with E-state index in [4.69, 9.17) is 4.74 Å². The lowest BCUT2D eigenvalue weighted by molar-refractivity contribution is 0.0474. The molecule has 0 amide bonds. The van der Waals surface area contributed by atoms with Gasteiger partial charge < -0.3 is 4.74 Å². The number of esters is 1. The maximum Gasteiger partial charge on any atom is 0.339 e. The highest BCUT2D eigenvalue weighted by atomic mass is 32.2. The normalized spacial score (nSPS) is 16.3. The number of hydrogen-bond acceptors (Lipinski definition) is 6. The molecule has 2 aromatic rings. The molecule has 0 spiro atoms. The Hall–Kier alpha value is -2.19. The van der Waals surface area contributed by atoms with Crippen molar-refractivity contribution in [2.24, 2.45) is 0 Å². The number of carbonyl (C=O) groups is 2. The summed E-state index contributed by atoms with van der Waals surface area (Å²) in [6.45, 7) is 5.23. The Morgan fingerprint density at radius 1 is 1.26 bits per heavy atom. The fraction of sp³-hybridized carbons (Fsp3) is 0.368. The molecule has 1 aromatic heterocycles. The summed E-state index contributed by atoms with van der Waals surface area (Å²) in [6.07, 6.45) is 1.71. The van der Waals surface area contributed by atoms with Gasteiger partial charge >= 0.3 is 5.97 Å². The smallest absolute Gasteiger partial charge is 0.339 e. The molecule has 0 fully saturated rings. The Balaban J connectivity index is 1.73. The van der Waals surface area contributed by atoms with Crippen molar-refractivity contribution in [3.05, 3.63) is 50.7 Å². The average Bonchev–Trinajstić information content (AvgIpc) is 3.08. The number of fused-ring (bicyclic) bond motifs is 1. The zero-order chi connectivity index (χ0) is 19.9. The summed E-state index contributed by atoms with van der Waals surface area (Å²) >= 11 is 1.50. The zero-order valence-corrected chi connectivity index (χ0v) is 17.2. The van der Waals surface area contributed by atoms with Crippen LogP contribution < -0.4 is 4.31 Å². The summed E-state index contributed by atoms with van der Waals surface area (Å²) in [5.41, 5.74) is 2.29. The first kappa shape index (κ1) is 19.6. The van der Waals surface area contributed by atoms with E-state index in [9.17, 15) is 18.0 Å². The summed E-state index contributed by atoms with van der Waals surface area (Å²) in [5, 5.41) is 0. The number of ketones is 1. The Morgan fingerprint density at radius 3 is 2.56 bits per heavy atom. The van der Waals surface area contributed by atoms with Crippen molar-refractivity contribution in [2.45, 2.75) is 33.2 Å². The highest BCUT2D eigenvalue weighted by Gasteiger charge is 2.32. The monoisotopic (exact) mass is 407 g/mol. The van der Waals surface area contributed by atoms with Crippen LogP contribution in [-0.2, 0) is 21.2 Å². The minimum absolute atomic E-state index is 0.192. The number of sulfonamides is 1. The maximum atomic E-state index is 12.4. The van der Waals surface area contributed by atoms with Crippen molar-refractivity contribution in [1.82, 2.24) is 0 Å². The molecule has 1 aliphatic heterocycles. The summed E-state index contributed by atoms with van der Waals surface area (Å²) in [7, 11) is -3.37. The van der Waals surface area contributed by atoms with E-state index in [2.05, 4.69) is 0 Å². The highest BCUT2D eigenvalue weighted by molar-refractivity contribution is 7.92. The van der Waals surface area contributed by atoms with Crippen molar-refractivity contribution >= 4 is 38.8 Å². The van der Waals surface area contributed by atoms with Gasteiger partial charge in [-0.05, 0) is 57.0 Å². The first-order valence-corrected chi connectivity index (χ1v) is 11.1. The van der Waals surface area contributed by atoms with Crippen LogP contribution in [0.3, 0.4) is 0 Å². The molecule has 3 rings (SSSR count). The zero-order valence-electron chi connectivity index (χ0n) is 15.6. The summed E-state index contributed by atoms with van der Waals surface area (Å²) in [5.74, 6) is -0.829. The lowest BCUT2D eigenvalue weighted by atomic mass is 10.0. The van der Waals surface area contributed by atoms with Crippen LogP contribution in [0.4, 0.5) is 5.69 Å². The summed E-state index contributed by atoms with van der Waals surface area (Å²) in [6, 6.07) is 6.46. The molecule has 0 bridgehead atoms. The van der Waals surface area contributed by atoms with Crippen molar-refractivity contribution in [3.8, 4) is 0 Å². The molecule has 1 atom stereocenters. The number of aryl methyl sites for hydroxylation is 2. The Bertz CT molecular complexity index is 1020. The van der Waals surface area contributed by atoms with Crippen molar-refractivity contribution in [3.63, 3.8) is 0 Å². The van der Waals surface area contributed by atoms with Gasteiger partial charge in [-0.25, -0.2) is 13.2 Å². The second kappa shape index (κ2) is 7.09. The van der Waals surface area contributed by atoms with E-state index in [1.54, 1.807) is 24.3 Å². The van der Waals surface area contributed by atoms with E-state index in [-0.39, 0.29) is 18.4 Å². The van der Waals surface area contributed by atoms with Crippen LogP contribution in [0.5, 0.6) is 0 Å². The molecule has 8 heteroatoms. The molecule has 0 saturated carbocycles. The molecule has 1 aliphatic rings. The molecule has 6 nitrogen and oxygen atoms in total. The lowest BCUT2D eigenvalue weighted by Gasteiger charge is -2.21. The van der Waals surface area contributed by atoms with E-state index in [0.717, 1.165) is 15.3 Å². The molecule has 0 radical (unpaired) electrons. The number of anilines is 1. The predicted molar refractivity (Wildman–Crippen MR) is 105 cm³/mol. The maximum absolute atomic E-state index is 12.4. The second-order valence-corrected chi connectivity index (χ2v) is 10.1. The van der Waals surface area contributed by atoms with Gasteiger partial charge in [-0.15, -0.1) is 11.3 Å². The van der Waals surface area contributed by atoms with Crippen LogP contribution in [0, 0.1) is 13.8 Å². The van der Waals surface area contributed by atoms with Crippen LogP contribution in [0.15, 0.2) is 24.3 Å². The van der Waals surface area contributed by atoms with Gasteiger partial charge in [-0.3, -0.25) is 9.10 Å². The average molecular weight is 408 g/mol. The fourth-order valence-corrected chi connectivity index (χ4v) is 5.58. The van der Waals surface area contributed by atoms with E-state index >= 15 is 0 Å². The van der Waals surface area contributed by atoms with Crippen LogP contribution in [0.2, 0.25) is 0 Å². The number of ether oxygens (including phenoxy) is 1. The largest absolute Gasteiger partial charge is 0.454 e. The number of Topliss-reactive ketones (excluding diaryl/α,β-unsaturated/α-hetero) is 1. The van der Waals surface area contributed by atoms with E-state index in [1.807, 2.05) is 20.8 Å². The molecule has 0 N–H and O–H groups in total. The number of carbonyl (C=O) groups excluding carboxylic acids is 2. The van der Waals surface area contributed by atoms with Crippen molar-refractivity contribution in [2.75, 3.05) is 17.2 Å². The molecule has 0 aliphatic carbocycles. The number of rotatable bonds is 5. The SMILES string of the molecule is Cc1cc(C(=O)OCC(=O)c2ccc3c(c2)C[C@H](C)N3S(C)(=O)=O)c(C)s1. The third-order valence-corrected chi connectivity index (χ3v) is 6.74. The Labute approximate surface area is 162 Å². The van der Waals surface area contributed by atoms with Gasteiger partial charge in [0.05, 0.1) is 17.5 Å². The summed E-state index contributed by atoms with van der Waals surface area (Å²) < 4.78 is 30.5. The minimum Gasteiger partial charge on any atom is -0.454 e. The van der Waals surface area contributed by atoms with Crippen molar-refractivity contribution in [1.29, 1.82) is 0 Å². The van der Waals surface area contributed by atoms with Gasteiger partial charge in [0.15, 0.2) is 12.4 Å². The molecule has 144 valence electrons. The van der Waals surface area contributed by atoms with E-state index in [0.29, 0.717) is 23.2 Å².